The van der Waals surface area contributed by atoms with Crippen molar-refractivity contribution < 1.29 is 14.3 Å². The first-order valence-electron chi connectivity index (χ1n) is 9.66. The lowest BCUT2D eigenvalue weighted by atomic mass is 9.91. The normalized spacial score (nSPS) is 18.2. The molecule has 29 heavy (non-hydrogen) atoms. The van der Waals surface area contributed by atoms with Crippen LogP contribution in [0.2, 0.25) is 0 Å². The number of rotatable bonds is 5. The largest absolute Gasteiger partial charge is 0.497 e. The zero-order chi connectivity index (χ0) is 20.4. The van der Waals surface area contributed by atoms with Crippen LogP contribution in [-0.2, 0) is 4.79 Å². The van der Waals surface area contributed by atoms with E-state index in [-0.39, 0.29) is 18.0 Å². The lowest BCUT2D eigenvalue weighted by Gasteiger charge is -2.39. The molecule has 0 bridgehead atoms. The average molecular weight is 392 g/mol. The van der Waals surface area contributed by atoms with Crippen LogP contribution in [0.4, 0.5) is 5.95 Å². The third-order valence-electron chi connectivity index (χ3n) is 5.39. The predicted octanol–water partition coefficient (Wildman–Crippen LogP) is 3.77. The highest BCUT2D eigenvalue weighted by molar-refractivity contribution is 5.92. The van der Waals surface area contributed by atoms with Gasteiger partial charge in [0, 0.05) is 12.0 Å². The molecule has 0 fully saturated rings. The molecular weight excluding hydrogens is 368 g/mol. The first-order chi connectivity index (χ1) is 14.2. The molecule has 0 N–H and O–H groups in total. The van der Waals surface area contributed by atoms with Crippen LogP contribution in [0.1, 0.15) is 43.0 Å². The van der Waals surface area contributed by atoms with Crippen molar-refractivity contribution in [3.63, 3.8) is 0 Å². The number of anilines is 1. The van der Waals surface area contributed by atoms with Crippen LogP contribution in [0.5, 0.6) is 11.5 Å². The lowest BCUT2D eigenvalue weighted by Crippen LogP contribution is -2.42. The van der Waals surface area contributed by atoms with Crippen LogP contribution in [0.15, 0.2) is 54.9 Å². The molecule has 0 saturated heterocycles. The summed E-state index contributed by atoms with van der Waals surface area (Å²) in [5.74, 6) is 2.14. The molecule has 7 heteroatoms. The first kappa shape index (κ1) is 19.0. The number of carbonyl (C=O) groups excluding carboxylic acids is 1. The van der Waals surface area contributed by atoms with E-state index in [1.165, 1.54) is 6.33 Å². The Labute approximate surface area is 169 Å². The Morgan fingerprint density at radius 1 is 1.07 bits per heavy atom. The number of hydrogen-bond acceptors (Lipinski definition) is 5. The fraction of sp³-hybridized carbons (Fsp3) is 0.318. The first-order valence-corrected chi connectivity index (χ1v) is 9.66. The van der Waals surface area contributed by atoms with E-state index < -0.39 is 0 Å². The van der Waals surface area contributed by atoms with Gasteiger partial charge in [0.1, 0.15) is 17.8 Å². The van der Waals surface area contributed by atoms with E-state index in [1.54, 1.807) is 19.1 Å². The third-order valence-corrected chi connectivity index (χ3v) is 5.39. The quantitative estimate of drug-likeness (QED) is 0.661. The summed E-state index contributed by atoms with van der Waals surface area (Å²) in [6.45, 7) is 1.86. The Morgan fingerprint density at radius 2 is 1.83 bits per heavy atom. The second-order valence-corrected chi connectivity index (χ2v) is 6.90. The van der Waals surface area contributed by atoms with Gasteiger partial charge in [-0.15, -0.1) is 0 Å². The highest BCUT2D eigenvalue weighted by Crippen LogP contribution is 2.44. The molecule has 150 valence electrons. The summed E-state index contributed by atoms with van der Waals surface area (Å²) in [6.07, 6.45) is 2.55. The Balaban J connectivity index is 1.84. The molecule has 1 aliphatic rings. The van der Waals surface area contributed by atoms with E-state index in [4.69, 9.17) is 9.47 Å². The van der Waals surface area contributed by atoms with E-state index in [2.05, 4.69) is 10.1 Å². The van der Waals surface area contributed by atoms with Crippen molar-refractivity contribution in [2.24, 2.45) is 0 Å². The number of nitrogens with zero attached hydrogens (tertiary/aromatic N) is 4. The molecule has 2 aromatic carbocycles. The smallest absolute Gasteiger partial charge is 0.231 e. The van der Waals surface area contributed by atoms with Crippen LogP contribution < -0.4 is 14.4 Å². The molecule has 0 aliphatic carbocycles. The zero-order valence-corrected chi connectivity index (χ0v) is 16.8. The Hall–Kier alpha value is -3.35. The molecule has 1 aliphatic heterocycles. The molecule has 1 amide bonds. The van der Waals surface area contributed by atoms with Crippen molar-refractivity contribution in [1.29, 1.82) is 0 Å². The van der Waals surface area contributed by atoms with Crippen molar-refractivity contribution in [2.75, 3.05) is 19.1 Å². The zero-order valence-electron chi connectivity index (χ0n) is 16.8. The summed E-state index contributed by atoms with van der Waals surface area (Å²) in [5, 5.41) is 4.45. The van der Waals surface area contributed by atoms with Gasteiger partial charge in [0.25, 0.3) is 0 Å². The minimum absolute atomic E-state index is 0.0125. The van der Waals surface area contributed by atoms with E-state index in [0.29, 0.717) is 18.8 Å². The molecule has 7 nitrogen and oxygen atoms in total. The second kappa shape index (κ2) is 7.95. The average Bonchev–Trinajstić information content (AvgIpc) is 3.27. The SMILES string of the molecule is CCC(=O)N1c2ncnn2[C@H](c2ccccc2OC)C[C@@H]1c1ccc(OC)cc1. The number of fused-ring (bicyclic) bond motifs is 1. The summed E-state index contributed by atoms with van der Waals surface area (Å²) in [6, 6.07) is 15.5. The maximum absolute atomic E-state index is 12.9. The summed E-state index contributed by atoms with van der Waals surface area (Å²) < 4.78 is 12.7. The van der Waals surface area contributed by atoms with Gasteiger partial charge in [-0.3, -0.25) is 9.69 Å². The van der Waals surface area contributed by atoms with Crippen molar-refractivity contribution >= 4 is 11.9 Å². The summed E-state index contributed by atoms with van der Waals surface area (Å²) in [5.41, 5.74) is 2.05. The highest BCUT2D eigenvalue weighted by Gasteiger charge is 2.39. The molecular formula is C22H24N4O3. The van der Waals surface area contributed by atoms with Crippen molar-refractivity contribution in [3.05, 3.63) is 66.0 Å². The fourth-order valence-corrected chi connectivity index (χ4v) is 3.96. The standard InChI is InChI=1S/C22H24N4O3/c1-4-21(27)25-18(15-9-11-16(28-2)12-10-15)13-19(26-22(25)23-14-24-26)17-7-5-6-8-20(17)29-3/h5-12,14,18-19H,4,13H2,1-3H3/t18-,19+/m1/s1. The van der Waals surface area contributed by atoms with Gasteiger partial charge in [-0.25, -0.2) is 4.68 Å². The number of ether oxygens (including phenoxy) is 2. The summed E-state index contributed by atoms with van der Waals surface area (Å²) >= 11 is 0. The lowest BCUT2D eigenvalue weighted by molar-refractivity contribution is -0.119. The maximum atomic E-state index is 12.9. The van der Waals surface area contributed by atoms with Gasteiger partial charge >= 0.3 is 0 Å². The minimum atomic E-state index is -0.167. The van der Waals surface area contributed by atoms with Crippen molar-refractivity contribution in [2.45, 2.75) is 31.8 Å². The molecule has 3 aromatic rings. The van der Waals surface area contributed by atoms with Gasteiger partial charge in [-0.1, -0.05) is 37.3 Å². The van der Waals surface area contributed by atoms with Crippen LogP contribution in [0.25, 0.3) is 0 Å². The summed E-state index contributed by atoms with van der Waals surface area (Å²) in [4.78, 5) is 19.1. The number of aromatic nitrogens is 3. The van der Waals surface area contributed by atoms with Gasteiger partial charge < -0.3 is 9.47 Å². The highest BCUT2D eigenvalue weighted by atomic mass is 16.5. The molecule has 2 heterocycles. The number of hydrogen-bond donors (Lipinski definition) is 0. The van der Waals surface area contributed by atoms with Gasteiger partial charge in [-0.05, 0) is 30.2 Å². The van der Waals surface area contributed by atoms with Crippen molar-refractivity contribution in [3.8, 4) is 11.5 Å². The maximum Gasteiger partial charge on any atom is 0.231 e. The van der Waals surface area contributed by atoms with Crippen molar-refractivity contribution in [1.82, 2.24) is 14.8 Å². The van der Waals surface area contributed by atoms with E-state index >= 15 is 0 Å². The molecule has 0 saturated carbocycles. The second-order valence-electron chi connectivity index (χ2n) is 6.90. The van der Waals surface area contributed by atoms with Gasteiger partial charge in [0.2, 0.25) is 11.9 Å². The number of para-hydroxylation sites is 1. The summed E-state index contributed by atoms with van der Waals surface area (Å²) in [7, 11) is 3.31. The van der Waals surface area contributed by atoms with Gasteiger partial charge in [-0.2, -0.15) is 10.1 Å². The van der Waals surface area contributed by atoms with E-state index in [9.17, 15) is 4.79 Å². The Bertz CT molecular complexity index is 999. The molecule has 2 atom stereocenters. The fourth-order valence-electron chi connectivity index (χ4n) is 3.96. The van der Waals surface area contributed by atoms with E-state index in [0.717, 1.165) is 22.6 Å². The van der Waals surface area contributed by atoms with E-state index in [1.807, 2.05) is 60.1 Å². The van der Waals surface area contributed by atoms with Gasteiger partial charge in [0.05, 0.1) is 26.3 Å². The monoisotopic (exact) mass is 392 g/mol. The minimum Gasteiger partial charge on any atom is -0.497 e. The Kier molecular flexibility index (Phi) is 5.20. The molecule has 1 aromatic heterocycles. The number of methoxy groups -OCH3 is 2. The molecule has 0 unspecified atom stereocenters. The number of benzene rings is 2. The van der Waals surface area contributed by atoms with Crippen LogP contribution in [0, 0.1) is 0 Å². The Morgan fingerprint density at radius 3 is 2.52 bits per heavy atom. The van der Waals surface area contributed by atoms with Crippen LogP contribution in [0.3, 0.4) is 0 Å². The van der Waals surface area contributed by atoms with Crippen LogP contribution >= 0.6 is 0 Å². The third kappa shape index (κ3) is 3.33. The molecule has 4 rings (SSSR count). The topological polar surface area (TPSA) is 69.5 Å². The van der Waals surface area contributed by atoms with Gasteiger partial charge in [0.15, 0.2) is 0 Å². The number of amides is 1. The number of carbonyl (C=O) groups is 1. The molecule has 0 spiro atoms. The molecule has 0 radical (unpaired) electrons. The predicted molar refractivity (Wildman–Crippen MR) is 109 cm³/mol. The van der Waals surface area contributed by atoms with Crippen LogP contribution in [-0.4, -0.2) is 34.9 Å².